The van der Waals surface area contributed by atoms with Crippen molar-refractivity contribution in [3.8, 4) is 5.75 Å². The van der Waals surface area contributed by atoms with Crippen LogP contribution in [0.3, 0.4) is 0 Å². The molecular weight excluding hydrogens is 404 g/mol. The van der Waals surface area contributed by atoms with Crippen molar-refractivity contribution < 1.29 is 23.7 Å². The first kappa shape index (κ1) is 21.1. The first-order valence-corrected chi connectivity index (χ1v) is 9.30. The molecule has 2 atom stereocenters. The monoisotopic (exact) mass is 430 g/mol. The summed E-state index contributed by atoms with van der Waals surface area (Å²) in [6, 6.07) is 1.71. The van der Waals surface area contributed by atoms with Crippen LogP contribution in [0, 0.1) is 5.92 Å². The molecule has 1 aromatic rings. The Labute approximate surface area is 163 Å². The SMILES string of the molecule is COCOC1(Cc2cc(OC)c(Br)cn2)C(=O)N(COC)C1CC(C)C. The Kier molecular flexibility index (Phi) is 7.40. The van der Waals surface area contributed by atoms with Crippen LogP contribution < -0.4 is 4.74 Å². The number of rotatable bonds is 10. The molecule has 1 aliphatic rings. The molecule has 1 aliphatic heterocycles. The molecule has 1 aromatic heterocycles. The van der Waals surface area contributed by atoms with Gasteiger partial charge in [-0.05, 0) is 28.3 Å². The fourth-order valence-electron chi connectivity index (χ4n) is 3.31. The van der Waals surface area contributed by atoms with Crippen LogP contribution in [-0.2, 0) is 25.4 Å². The average molecular weight is 431 g/mol. The Bertz CT molecular complexity index is 628. The van der Waals surface area contributed by atoms with Crippen LogP contribution in [0.5, 0.6) is 5.75 Å². The van der Waals surface area contributed by atoms with E-state index in [2.05, 4.69) is 34.8 Å². The van der Waals surface area contributed by atoms with E-state index in [1.165, 1.54) is 0 Å². The van der Waals surface area contributed by atoms with Gasteiger partial charge in [0.25, 0.3) is 5.91 Å². The molecule has 0 saturated carbocycles. The lowest BCUT2D eigenvalue weighted by Gasteiger charge is -2.55. The van der Waals surface area contributed by atoms with Crippen molar-refractivity contribution in [1.29, 1.82) is 0 Å². The number of methoxy groups -OCH3 is 3. The third-order valence-corrected chi connectivity index (χ3v) is 5.07. The van der Waals surface area contributed by atoms with Crippen LogP contribution in [0.4, 0.5) is 0 Å². The molecule has 7 nitrogen and oxygen atoms in total. The number of likely N-dealkylation sites (tertiary alicyclic amines) is 1. The molecule has 1 fully saturated rings. The van der Waals surface area contributed by atoms with Crippen LogP contribution in [0.15, 0.2) is 16.7 Å². The van der Waals surface area contributed by atoms with Crippen molar-refractivity contribution in [3.05, 3.63) is 22.4 Å². The number of hydrogen-bond acceptors (Lipinski definition) is 6. The lowest BCUT2D eigenvalue weighted by molar-refractivity contribution is -0.235. The smallest absolute Gasteiger partial charge is 0.259 e. The Morgan fingerprint density at radius 3 is 2.62 bits per heavy atom. The molecule has 26 heavy (non-hydrogen) atoms. The maximum Gasteiger partial charge on any atom is 0.259 e. The van der Waals surface area contributed by atoms with Crippen molar-refractivity contribution in [2.75, 3.05) is 34.9 Å². The van der Waals surface area contributed by atoms with Crippen molar-refractivity contribution in [2.24, 2.45) is 5.92 Å². The average Bonchev–Trinajstić information content (AvgIpc) is 2.62. The highest BCUT2D eigenvalue weighted by Crippen LogP contribution is 2.41. The van der Waals surface area contributed by atoms with Crippen LogP contribution >= 0.6 is 15.9 Å². The van der Waals surface area contributed by atoms with Gasteiger partial charge in [-0.1, -0.05) is 13.8 Å². The summed E-state index contributed by atoms with van der Waals surface area (Å²) in [4.78, 5) is 19.1. The molecular formula is C18H27BrN2O5. The fourth-order valence-corrected chi connectivity index (χ4v) is 3.69. The number of halogens is 1. The van der Waals surface area contributed by atoms with E-state index in [1.807, 2.05) is 6.07 Å². The summed E-state index contributed by atoms with van der Waals surface area (Å²) in [6.07, 6.45) is 2.81. The van der Waals surface area contributed by atoms with Crippen molar-refractivity contribution in [2.45, 2.75) is 38.3 Å². The predicted octanol–water partition coefficient (Wildman–Crippen LogP) is 2.62. The van der Waals surface area contributed by atoms with Gasteiger partial charge >= 0.3 is 0 Å². The summed E-state index contributed by atoms with van der Waals surface area (Å²) >= 11 is 3.40. The fraction of sp³-hybridized carbons (Fsp3) is 0.667. The van der Waals surface area contributed by atoms with E-state index < -0.39 is 5.60 Å². The zero-order valence-corrected chi connectivity index (χ0v) is 17.5. The van der Waals surface area contributed by atoms with E-state index in [4.69, 9.17) is 18.9 Å². The number of ether oxygens (including phenoxy) is 4. The van der Waals surface area contributed by atoms with Gasteiger partial charge in [0.2, 0.25) is 0 Å². The first-order chi connectivity index (χ1) is 12.4. The lowest BCUT2D eigenvalue weighted by Crippen LogP contribution is -2.76. The number of amides is 1. The maximum atomic E-state index is 13.0. The number of hydrogen-bond donors (Lipinski definition) is 0. The zero-order valence-electron chi connectivity index (χ0n) is 16.0. The summed E-state index contributed by atoms with van der Waals surface area (Å²) in [6.45, 7) is 4.52. The van der Waals surface area contributed by atoms with Crippen LogP contribution in [-0.4, -0.2) is 62.3 Å². The summed E-state index contributed by atoms with van der Waals surface area (Å²) in [5, 5.41) is 0. The predicted molar refractivity (Wildman–Crippen MR) is 99.9 cm³/mol. The van der Waals surface area contributed by atoms with Gasteiger partial charge in [0, 0.05) is 38.6 Å². The molecule has 0 aliphatic carbocycles. The van der Waals surface area contributed by atoms with Gasteiger partial charge in [-0.2, -0.15) is 0 Å². The standard InChI is InChI=1S/C18H27BrN2O5/c1-12(2)6-16-18(26-11-24-4,17(22)21(16)10-23-3)8-13-7-15(25-5)14(19)9-20-13/h7,9,12,16H,6,8,10-11H2,1-5H3. The molecule has 2 heterocycles. The van der Waals surface area contributed by atoms with Gasteiger partial charge in [0.1, 0.15) is 19.3 Å². The second-order valence-electron chi connectivity index (χ2n) is 6.77. The molecule has 0 spiro atoms. The summed E-state index contributed by atoms with van der Waals surface area (Å²) in [5.41, 5.74) is -0.287. The largest absolute Gasteiger partial charge is 0.495 e. The Hall–Kier alpha value is -1.22. The number of β-lactam (4-membered cyclic amide) rings is 1. The number of aromatic nitrogens is 1. The van der Waals surface area contributed by atoms with Gasteiger partial charge in [-0.15, -0.1) is 0 Å². The second kappa shape index (κ2) is 9.12. The molecule has 0 radical (unpaired) electrons. The molecule has 0 aromatic carbocycles. The van der Waals surface area contributed by atoms with E-state index in [0.717, 1.165) is 16.6 Å². The highest BCUT2D eigenvalue weighted by molar-refractivity contribution is 9.10. The lowest BCUT2D eigenvalue weighted by atomic mass is 9.75. The summed E-state index contributed by atoms with van der Waals surface area (Å²) < 4.78 is 22.4. The van der Waals surface area contributed by atoms with Crippen molar-refractivity contribution in [3.63, 3.8) is 0 Å². The van der Waals surface area contributed by atoms with E-state index in [-0.39, 0.29) is 25.5 Å². The Balaban J connectivity index is 2.35. The highest BCUT2D eigenvalue weighted by Gasteiger charge is 2.62. The normalized spacial score (nSPS) is 22.7. The second-order valence-corrected chi connectivity index (χ2v) is 7.62. The van der Waals surface area contributed by atoms with Gasteiger partial charge in [0.05, 0.1) is 17.6 Å². The van der Waals surface area contributed by atoms with Gasteiger partial charge < -0.3 is 23.8 Å². The van der Waals surface area contributed by atoms with Gasteiger partial charge in [0.15, 0.2) is 5.60 Å². The quantitative estimate of drug-likeness (QED) is 0.419. The van der Waals surface area contributed by atoms with Crippen LogP contribution in [0.2, 0.25) is 0 Å². The summed E-state index contributed by atoms with van der Waals surface area (Å²) in [5.74, 6) is 0.953. The molecule has 0 N–H and O–H groups in total. The van der Waals surface area contributed by atoms with Crippen LogP contribution in [0.25, 0.3) is 0 Å². The minimum absolute atomic E-state index is 0.0365. The molecule has 0 bridgehead atoms. The third kappa shape index (κ3) is 4.19. The highest BCUT2D eigenvalue weighted by atomic mass is 79.9. The van der Waals surface area contributed by atoms with Crippen molar-refractivity contribution >= 4 is 21.8 Å². The third-order valence-electron chi connectivity index (χ3n) is 4.48. The van der Waals surface area contributed by atoms with Gasteiger partial charge in [-0.3, -0.25) is 9.78 Å². The molecule has 146 valence electrons. The van der Waals surface area contributed by atoms with E-state index in [9.17, 15) is 4.79 Å². The van der Waals surface area contributed by atoms with Crippen molar-refractivity contribution in [1.82, 2.24) is 9.88 Å². The minimum Gasteiger partial charge on any atom is -0.495 e. The molecule has 2 unspecified atom stereocenters. The van der Waals surface area contributed by atoms with Crippen LogP contribution in [0.1, 0.15) is 26.0 Å². The molecule has 1 saturated heterocycles. The molecule has 2 rings (SSSR count). The number of pyridine rings is 1. The van der Waals surface area contributed by atoms with Gasteiger partial charge in [-0.25, -0.2) is 0 Å². The number of nitrogens with zero attached hydrogens (tertiary/aromatic N) is 2. The van der Waals surface area contributed by atoms with E-state index >= 15 is 0 Å². The summed E-state index contributed by atoms with van der Waals surface area (Å²) in [7, 11) is 4.72. The van der Waals surface area contributed by atoms with E-state index in [1.54, 1.807) is 32.4 Å². The molecule has 8 heteroatoms. The number of carbonyl (C=O) groups excluding carboxylic acids is 1. The Morgan fingerprint density at radius 2 is 2.04 bits per heavy atom. The van der Waals surface area contributed by atoms with E-state index in [0.29, 0.717) is 18.1 Å². The topological polar surface area (TPSA) is 70.1 Å². The molecule has 1 amide bonds. The number of carbonyl (C=O) groups is 1. The zero-order chi connectivity index (χ0) is 19.3. The minimum atomic E-state index is -1.01. The first-order valence-electron chi connectivity index (χ1n) is 8.50. The Morgan fingerprint density at radius 1 is 1.31 bits per heavy atom. The maximum absolute atomic E-state index is 13.0.